The van der Waals surface area contributed by atoms with Gasteiger partial charge in [0.2, 0.25) is 0 Å². The van der Waals surface area contributed by atoms with Crippen molar-refractivity contribution in [2.75, 3.05) is 0 Å². The van der Waals surface area contributed by atoms with E-state index >= 15 is 4.39 Å². The van der Waals surface area contributed by atoms with Gasteiger partial charge in [0.1, 0.15) is 28.6 Å². The van der Waals surface area contributed by atoms with Crippen LogP contribution in [0.3, 0.4) is 0 Å². The lowest BCUT2D eigenvalue weighted by Gasteiger charge is -2.09. The SMILES string of the molecule is Cc1cc(-c2ccc(F)cc2)cc2c3oc(c4cc(C(=O)NCc5ccc(C(=N)N)cc5)cc(F)c43)c12. The number of nitrogens with one attached hydrogen (secondary N) is 2. The first-order chi connectivity index (χ1) is 17.8. The minimum atomic E-state index is -0.533. The highest BCUT2D eigenvalue weighted by atomic mass is 19.1. The number of amidine groups is 1. The van der Waals surface area contributed by atoms with E-state index in [-0.39, 0.29) is 23.8 Å². The Kier molecular flexibility index (Phi) is 5.15. The monoisotopic (exact) mass is 493 g/mol. The number of nitrogen functional groups attached to an aromatic ring is 1. The van der Waals surface area contributed by atoms with Crippen molar-refractivity contribution < 1.29 is 18.0 Å². The van der Waals surface area contributed by atoms with Crippen molar-refractivity contribution in [2.45, 2.75) is 13.5 Å². The first-order valence-corrected chi connectivity index (χ1v) is 11.7. The summed E-state index contributed by atoms with van der Waals surface area (Å²) in [6.45, 7) is 2.20. The number of carbonyl (C=O) groups excluding carboxylic acids is 1. The molecule has 5 nitrogen and oxygen atoms in total. The minimum absolute atomic E-state index is 0.0282. The largest absolute Gasteiger partial charge is 0.455 e. The lowest BCUT2D eigenvalue weighted by Crippen LogP contribution is -2.23. The topological polar surface area (TPSA) is 92.1 Å². The number of rotatable bonds is 5. The maximum Gasteiger partial charge on any atom is 0.251 e. The molecule has 4 N–H and O–H groups in total. The van der Waals surface area contributed by atoms with E-state index in [1.165, 1.54) is 18.2 Å². The summed E-state index contributed by atoms with van der Waals surface area (Å²) in [6.07, 6.45) is 0. The van der Waals surface area contributed by atoms with Crippen LogP contribution in [0.25, 0.3) is 43.8 Å². The summed E-state index contributed by atoms with van der Waals surface area (Å²) in [5.74, 6) is -1.28. The van der Waals surface area contributed by atoms with Crippen molar-refractivity contribution in [3.63, 3.8) is 0 Å². The van der Waals surface area contributed by atoms with Gasteiger partial charge in [0, 0.05) is 33.8 Å². The van der Waals surface area contributed by atoms with Crippen molar-refractivity contribution in [3.05, 3.63) is 107 Å². The number of halogens is 2. The summed E-state index contributed by atoms with van der Waals surface area (Å²) in [5.41, 5.74) is 10.7. The van der Waals surface area contributed by atoms with Crippen LogP contribution in [0, 0.1) is 24.0 Å². The van der Waals surface area contributed by atoms with Crippen LogP contribution in [0.5, 0.6) is 0 Å². The number of benzene rings is 5. The molecule has 0 unspecified atom stereocenters. The van der Waals surface area contributed by atoms with Gasteiger partial charge in [-0.15, -0.1) is 0 Å². The predicted octanol–water partition coefficient (Wildman–Crippen LogP) is 6.64. The van der Waals surface area contributed by atoms with Crippen molar-refractivity contribution in [1.82, 2.24) is 5.32 Å². The molecule has 0 saturated heterocycles. The van der Waals surface area contributed by atoms with Crippen molar-refractivity contribution in [1.29, 1.82) is 5.41 Å². The molecule has 0 aliphatic heterocycles. The van der Waals surface area contributed by atoms with Crippen molar-refractivity contribution in [2.24, 2.45) is 5.73 Å². The smallest absolute Gasteiger partial charge is 0.251 e. The van der Waals surface area contributed by atoms with Crippen LogP contribution in [0.1, 0.15) is 27.0 Å². The molecule has 0 fully saturated rings. The second-order valence-electron chi connectivity index (χ2n) is 9.16. The molecule has 2 bridgehead atoms. The first-order valence-electron chi connectivity index (χ1n) is 11.7. The second-order valence-corrected chi connectivity index (χ2v) is 9.16. The number of nitrogens with two attached hydrogens (primary N) is 1. The zero-order valence-corrected chi connectivity index (χ0v) is 19.8. The van der Waals surface area contributed by atoms with Crippen LogP contribution < -0.4 is 11.1 Å². The highest BCUT2D eigenvalue weighted by Crippen LogP contribution is 2.44. The lowest BCUT2D eigenvalue weighted by atomic mass is 9.94. The molecule has 2 aromatic heterocycles. The molecule has 6 rings (SSSR count). The molecule has 6 aromatic rings. The highest BCUT2D eigenvalue weighted by Gasteiger charge is 2.24. The Balaban J connectivity index is 1.36. The van der Waals surface area contributed by atoms with E-state index in [1.54, 1.807) is 42.5 Å². The predicted molar refractivity (Wildman–Crippen MR) is 141 cm³/mol. The fraction of sp³-hybridized carbons (Fsp3) is 0.0667. The molecule has 37 heavy (non-hydrogen) atoms. The van der Waals surface area contributed by atoms with Gasteiger partial charge >= 0.3 is 0 Å². The van der Waals surface area contributed by atoms with Gasteiger partial charge in [0.25, 0.3) is 5.91 Å². The molecule has 0 radical (unpaired) electrons. The third-order valence-electron chi connectivity index (χ3n) is 6.73. The molecule has 1 amide bonds. The maximum atomic E-state index is 15.3. The third-order valence-corrected chi connectivity index (χ3v) is 6.73. The van der Waals surface area contributed by atoms with Crippen molar-refractivity contribution in [3.8, 4) is 11.1 Å². The summed E-state index contributed by atoms with van der Waals surface area (Å²) in [7, 11) is 0. The Hall–Kier alpha value is -4.78. The molecule has 0 aliphatic rings. The lowest BCUT2D eigenvalue weighted by molar-refractivity contribution is 0.0950. The number of hydrogen-bond donors (Lipinski definition) is 3. The van der Waals surface area contributed by atoms with Gasteiger partial charge in [0.05, 0.1) is 5.39 Å². The molecule has 0 spiro atoms. The summed E-state index contributed by atoms with van der Waals surface area (Å²) in [5, 5.41) is 12.8. The van der Waals surface area contributed by atoms with Crippen LogP contribution in [-0.4, -0.2) is 11.7 Å². The van der Waals surface area contributed by atoms with Crippen LogP contribution in [-0.2, 0) is 6.54 Å². The van der Waals surface area contributed by atoms with E-state index < -0.39 is 11.7 Å². The summed E-state index contributed by atoms with van der Waals surface area (Å²) >= 11 is 0. The number of carbonyl (C=O) groups is 1. The van der Waals surface area contributed by atoms with Gasteiger partial charge in [-0.05, 0) is 59.5 Å². The summed E-state index contributed by atoms with van der Waals surface area (Å²) in [4.78, 5) is 12.9. The van der Waals surface area contributed by atoms with E-state index in [0.29, 0.717) is 27.5 Å². The first kappa shape index (κ1) is 22.7. The number of furan rings is 2. The van der Waals surface area contributed by atoms with Crippen LogP contribution >= 0.6 is 0 Å². The van der Waals surface area contributed by atoms with Gasteiger partial charge in [-0.3, -0.25) is 10.2 Å². The molecule has 0 saturated carbocycles. The van der Waals surface area contributed by atoms with Crippen LogP contribution in [0.2, 0.25) is 0 Å². The van der Waals surface area contributed by atoms with Crippen LogP contribution in [0.15, 0.2) is 77.2 Å². The zero-order chi connectivity index (χ0) is 25.8. The number of amides is 1. The molecular formula is C30H21F2N3O2. The molecule has 0 atom stereocenters. The fourth-order valence-electron chi connectivity index (χ4n) is 4.89. The number of hydrogen-bond acceptors (Lipinski definition) is 3. The van der Waals surface area contributed by atoms with Gasteiger partial charge < -0.3 is 15.5 Å². The Bertz CT molecular complexity index is 1840. The van der Waals surface area contributed by atoms with E-state index in [0.717, 1.165) is 33.0 Å². The van der Waals surface area contributed by atoms with Gasteiger partial charge in [-0.1, -0.05) is 42.5 Å². The zero-order valence-electron chi connectivity index (χ0n) is 19.8. The second kappa shape index (κ2) is 8.41. The normalized spacial score (nSPS) is 11.5. The third kappa shape index (κ3) is 3.76. The highest BCUT2D eigenvalue weighted by molar-refractivity contribution is 6.27. The van der Waals surface area contributed by atoms with E-state index in [4.69, 9.17) is 15.6 Å². The van der Waals surface area contributed by atoms with Crippen LogP contribution in [0.4, 0.5) is 8.78 Å². The molecule has 4 aromatic carbocycles. The number of fused-ring (bicyclic) bond motifs is 8. The van der Waals surface area contributed by atoms with Gasteiger partial charge in [0.15, 0.2) is 0 Å². The van der Waals surface area contributed by atoms with Gasteiger partial charge in [-0.25, -0.2) is 8.78 Å². The fourth-order valence-corrected chi connectivity index (χ4v) is 4.89. The van der Waals surface area contributed by atoms with E-state index in [9.17, 15) is 9.18 Å². The number of aryl methyl sites for hydroxylation is 1. The summed E-state index contributed by atoms with van der Waals surface area (Å²) < 4.78 is 34.8. The molecule has 2 heterocycles. The Morgan fingerprint density at radius 1 is 0.865 bits per heavy atom. The molecule has 182 valence electrons. The van der Waals surface area contributed by atoms with E-state index in [2.05, 4.69) is 5.32 Å². The van der Waals surface area contributed by atoms with Crippen molar-refractivity contribution >= 4 is 44.5 Å². The maximum absolute atomic E-state index is 15.3. The Morgan fingerprint density at radius 2 is 1.54 bits per heavy atom. The minimum Gasteiger partial charge on any atom is -0.455 e. The summed E-state index contributed by atoms with van der Waals surface area (Å²) in [6, 6.07) is 20.0. The standard InChI is InChI=1S/C30H21F2N3O2/c1-15-10-19(17-6-8-21(31)9-7-17)11-22-25(15)27-23-12-20(13-24(32)26(23)28(22)37-27)30(36)35-14-16-2-4-18(5-3-16)29(33)34/h2-13H,14H2,1H3,(H3,33,34)(H,35,36). The quantitative estimate of drug-likeness (QED) is 0.143. The average Bonchev–Trinajstić information content (AvgIpc) is 3.45. The average molecular weight is 494 g/mol. The van der Waals surface area contributed by atoms with E-state index in [1.807, 2.05) is 19.1 Å². The Labute approximate surface area is 210 Å². The Morgan fingerprint density at radius 3 is 2.24 bits per heavy atom. The van der Waals surface area contributed by atoms with Gasteiger partial charge in [-0.2, -0.15) is 0 Å². The molecular weight excluding hydrogens is 472 g/mol. The molecule has 7 heteroatoms. The molecule has 0 aliphatic carbocycles.